The largest absolute Gasteiger partial charge is 0.433 e. The smallest absolute Gasteiger partial charge is 0.332 e. The van der Waals surface area contributed by atoms with E-state index >= 15 is 0 Å². The van der Waals surface area contributed by atoms with Crippen molar-refractivity contribution in [2.24, 2.45) is 0 Å². The Kier molecular flexibility index (Phi) is 2.71. The number of carbonyl (C=O) groups is 1. The lowest BCUT2D eigenvalue weighted by atomic mass is 10.1. The molecule has 0 amide bonds. The lowest BCUT2D eigenvalue weighted by Crippen LogP contribution is -2.07. The maximum Gasteiger partial charge on any atom is 0.433 e. The maximum absolute atomic E-state index is 12.7. The van der Waals surface area contributed by atoms with E-state index in [0.717, 1.165) is 0 Å². The van der Waals surface area contributed by atoms with Gasteiger partial charge in [-0.3, -0.25) is 4.79 Å². The normalized spacial score (nSPS) is 11.5. The molecule has 88 valence electrons. The Labute approximate surface area is 94.3 Å². The Hall–Kier alpha value is -2.11. The third-order valence-electron chi connectivity index (χ3n) is 2.16. The molecule has 1 aromatic carbocycles. The molecule has 3 nitrogen and oxygen atoms in total. The number of hydrogen-bond donors (Lipinski definition) is 1. The first kappa shape index (κ1) is 11.4. The number of alkyl halides is 3. The number of benzene rings is 1. The fourth-order valence-electron chi connectivity index (χ4n) is 1.46. The van der Waals surface area contributed by atoms with Gasteiger partial charge in [-0.1, -0.05) is 30.3 Å². The summed E-state index contributed by atoms with van der Waals surface area (Å²) in [4.78, 5) is 16.1. The molecule has 0 saturated carbocycles. The van der Waals surface area contributed by atoms with Crippen molar-refractivity contribution in [3.8, 4) is 11.3 Å². The van der Waals surface area contributed by atoms with Crippen LogP contribution in [-0.2, 0) is 6.18 Å². The zero-order chi connectivity index (χ0) is 12.5. The van der Waals surface area contributed by atoms with E-state index in [-0.39, 0.29) is 17.8 Å². The average molecular weight is 240 g/mol. The first-order valence-corrected chi connectivity index (χ1v) is 4.70. The predicted molar refractivity (Wildman–Crippen MR) is 54.4 cm³/mol. The van der Waals surface area contributed by atoms with Crippen LogP contribution in [0.25, 0.3) is 11.3 Å². The minimum Gasteiger partial charge on any atom is -0.332 e. The maximum atomic E-state index is 12.7. The van der Waals surface area contributed by atoms with Gasteiger partial charge in [0.1, 0.15) is 11.4 Å². The highest BCUT2D eigenvalue weighted by atomic mass is 19.4. The molecule has 0 spiro atoms. The zero-order valence-electron chi connectivity index (χ0n) is 8.45. The van der Waals surface area contributed by atoms with Crippen molar-refractivity contribution in [2.75, 3.05) is 0 Å². The van der Waals surface area contributed by atoms with E-state index < -0.39 is 11.9 Å². The van der Waals surface area contributed by atoms with Crippen LogP contribution in [0.4, 0.5) is 13.2 Å². The minimum atomic E-state index is -4.57. The van der Waals surface area contributed by atoms with Gasteiger partial charge in [0.2, 0.25) is 0 Å². The molecule has 0 aliphatic carbocycles. The Balaban J connectivity index is 2.61. The van der Waals surface area contributed by atoms with Crippen molar-refractivity contribution in [3.63, 3.8) is 0 Å². The van der Waals surface area contributed by atoms with E-state index in [1.54, 1.807) is 18.2 Å². The number of carbonyl (C=O) groups excluding carboxylic acids is 1. The topological polar surface area (TPSA) is 45.8 Å². The number of aromatic nitrogens is 2. The van der Waals surface area contributed by atoms with E-state index in [4.69, 9.17) is 0 Å². The van der Waals surface area contributed by atoms with Gasteiger partial charge in [-0.05, 0) is 0 Å². The number of nitrogens with zero attached hydrogens (tertiary/aromatic N) is 1. The van der Waals surface area contributed by atoms with Crippen LogP contribution < -0.4 is 0 Å². The standard InChI is InChI=1S/C11H7F3N2O/c12-11(13,14)10-9(15-8(6-17)16-10)7-4-2-1-3-5-7/h1-6H,(H,15,16). The summed E-state index contributed by atoms with van der Waals surface area (Å²) in [6.45, 7) is 0. The number of nitrogens with one attached hydrogen (secondary N) is 1. The van der Waals surface area contributed by atoms with Gasteiger partial charge in [0.05, 0.1) is 0 Å². The van der Waals surface area contributed by atoms with Crippen molar-refractivity contribution < 1.29 is 18.0 Å². The van der Waals surface area contributed by atoms with Gasteiger partial charge < -0.3 is 4.98 Å². The molecule has 1 N–H and O–H groups in total. The van der Waals surface area contributed by atoms with E-state index in [0.29, 0.717) is 5.56 Å². The second-order valence-electron chi connectivity index (χ2n) is 3.33. The van der Waals surface area contributed by atoms with Crippen LogP contribution in [0.5, 0.6) is 0 Å². The quantitative estimate of drug-likeness (QED) is 0.820. The van der Waals surface area contributed by atoms with Gasteiger partial charge in [-0.15, -0.1) is 0 Å². The molecule has 0 unspecified atom stereocenters. The summed E-state index contributed by atoms with van der Waals surface area (Å²) in [5.74, 6) is -0.337. The van der Waals surface area contributed by atoms with Crippen LogP contribution in [0.15, 0.2) is 30.3 Å². The van der Waals surface area contributed by atoms with Crippen LogP contribution in [0.1, 0.15) is 16.3 Å². The van der Waals surface area contributed by atoms with Crippen LogP contribution >= 0.6 is 0 Å². The zero-order valence-corrected chi connectivity index (χ0v) is 8.45. The molecule has 0 aliphatic heterocycles. The molecule has 1 heterocycles. The molecular weight excluding hydrogens is 233 g/mol. The second-order valence-corrected chi connectivity index (χ2v) is 3.33. The van der Waals surface area contributed by atoms with E-state index in [2.05, 4.69) is 4.98 Å². The number of halogens is 3. The summed E-state index contributed by atoms with van der Waals surface area (Å²) in [6.07, 6.45) is -4.32. The van der Waals surface area contributed by atoms with Crippen LogP contribution in [0, 0.1) is 0 Å². The van der Waals surface area contributed by atoms with Crippen LogP contribution in [0.2, 0.25) is 0 Å². The summed E-state index contributed by atoms with van der Waals surface area (Å²) < 4.78 is 38.1. The Bertz CT molecular complexity index is 531. The summed E-state index contributed by atoms with van der Waals surface area (Å²) in [7, 11) is 0. The van der Waals surface area contributed by atoms with Gasteiger partial charge in [-0.2, -0.15) is 13.2 Å². The molecule has 0 bridgehead atoms. The van der Waals surface area contributed by atoms with Gasteiger partial charge >= 0.3 is 6.18 Å². The molecule has 0 fully saturated rings. The van der Waals surface area contributed by atoms with Gasteiger partial charge in [0.25, 0.3) is 0 Å². The molecule has 0 saturated heterocycles. The fourth-order valence-corrected chi connectivity index (χ4v) is 1.46. The molecular formula is C11H7F3N2O. The second kappa shape index (κ2) is 4.04. The molecule has 0 radical (unpaired) electrons. The number of hydrogen-bond acceptors (Lipinski definition) is 2. The summed E-state index contributed by atoms with van der Waals surface area (Å²) in [5, 5.41) is 0. The number of H-pyrrole nitrogens is 1. The molecule has 2 rings (SSSR count). The highest BCUT2D eigenvalue weighted by molar-refractivity contribution is 5.73. The highest BCUT2D eigenvalue weighted by Crippen LogP contribution is 2.35. The first-order chi connectivity index (χ1) is 8.02. The number of imidazole rings is 1. The Morgan fingerprint density at radius 2 is 1.82 bits per heavy atom. The van der Waals surface area contributed by atoms with E-state index in [1.807, 2.05) is 4.98 Å². The fraction of sp³-hybridized carbons (Fsp3) is 0.0909. The molecule has 2 aromatic rings. The number of aldehydes is 1. The van der Waals surface area contributed by atoms with Crippen molar-refractivity contribution >= 4 is 6.29 Å². The van der Waals surface area contributed by atoms with Crippen molar-refractivity contribution in [1.82, 2.24) is 9.97 Å². The van der Waals surface area contributed by atoms with Gasteiger partial charge in [-0.25, -0.2) is 4.98 Å². The monoisotopic (exact) mass is 240 g/mol. The predicted octanol–water partition coefficient (Wildman–Crippen LogP) is 2.91. The summed E-state index contributed by atoms with van der Waals surface area (Å²) >= 11 is 0. The molecule has 17 heavy (non-hydrogen) atoms. The van der Waals surface area contributed by atoms with Crippen molar-refractivity contribution in [1.29, 1.82) is 0 Å². The Morgan fingerprint density at radius 3 is 2.35 bits per heavy atom. The minimum absolute atomic E-state index is 0.252. The number of rotatable bonds is 2. The van der Waals surface area contributed by atoms with Crippen molar-refractivity contribution in [3.05, 3.63) is 41.9 Å². The highest BCUT2D eigenvalue weighted by Gasteiger charge is 2.37. The number of aromatic amines is 1. The summed E-state index contributed by atoms with van der Waals surface area (Å²) in [5.41, 5.74) is -0.963. The van der Waals surface area contributed by atoms with Gasteiger partial charge in [0, 0.05) is 5.56 Å². The van der Waals surface area contributed by atoms with Crippen LogP contribution in [0.3, 0.4) is 0 Å². The average Bonchev–Trinajstić information content (AvgIpc) is 2.74. The molecule has 6 heteroatoms. The third kappa shape index (κ3) is 2.20. The van der Waals surface area contributed by atoms with E-state index in [9.17, 15) is 18.0 Å². The van der Waals surface area contributed by atoms with Crippen molar-refractivity contribution in [2.45, 2.75) is 6.18 Å². The van der Waals surface area contributed by atoms with Gasteiger partial charge in [0.15, 0.2) is 12.1 Å². The van der Waals surface area contributed by atoms with E-state index in [1.165, 1.54) is 12.1 Å². The lowest BCUT2D eigenvalue weighted by Gasteiger charge is -2.06. The molecule has 0 aliphatic rings. The molecule has 0 atom stereocenters. The summed E-state index contributed by atoms with van der Waals surface area (Å²) in [6, 6.07) is 7.89. The SMILES string of the molecule is O=Cc1nc(-c2ccccc2)c(C(F)(F)F)[nH]1. The van der Waals surface area contributed by atoms with Crippen LogP contribution in [-0.4, -0.2) is 16.3 Å². The Morgan fingerprint density at radius 1 is 1.18 bits per heavy atom. The lowest BCUT2D eigenvalue weighted by molar-refractivity contribution is -0.140. The first-order valence-electron chi connectivity index (χ1n) is 4.70. The molecule has 1 aromatic heterocycles. The third-order valence-corrected chi connectivity index (χ3v) is 2.16.